The van der Waals surface area contributed by atoms with Crippen LogP contribution in [0.4, 0.5) is 11.4 Å². The predicted molar refractivity (Wildman–Crippen MR) is 143 cm³/mol. The highest BCUT2D eigenvalue weighted by Crippen LogP contribution is 2.49. The maximum atomic E-state index is 6.02. The van der Waals surface area contributed by atoms with Gasteiger partial charge in [-0.25, -0.2) is 0 Å². The van der Waals surface area contributed by atoms with Crippen molar-refractivity contribution in [1.29, 1.82) is 0 Å². The molecule has 0 radical (unpaired) electrons. The van der Waals surface area contributed by atoms with Gasteiger partial charge in [0, 0.05) is 16.8 Å². The van der Waals surface area contributed by atoms with Crippen LogP contribution in [0.2, 0.25) is 0 Å². The zero-order valence-electron chi connectivity index (χ0n) is 20.9. The van der Waals surface area contributed by atoms with E-state index < -0.39 is 0 Å². The highest BCUT2D eigenvalue weighted by atomic mass is 14.5. The Morgan fingerprint density at radius 3 is 1.64 bits per heavy atom. The highest BCUT2D eigenvalue weighted by Gasteiger charge is 2.39. The smallest absolute Gasteiger partial charge is 0.0314 e. The molecular weight excluding hydrogens is 400 g/mol. The molecule has 0 aliphatic heterocycles. The summed E-state index contributed by atoms with van der Waals surface area (Å²) in [5.74, 6) is 2.89. The number of hydrogen-bond acceptors (Lipinski definition) is 2. The molecule has 2 aromatic rings. The second kappa shape index (κ2) is 11.4. The summed E-state index contributed by atoms with van der Waals surface area (Å²) in [6, 6.07) is 17.3. The maximum absolute atomic E-state index is 6.02. The summed E-state index contributed by atoms with van der Waals surface area (Å²) in [7, 11) is 0. The van der Waals surface area contributed by atoms with Crippen LogP contribution < -0.4 is 11.5 Å². The SMILES string of the molecule is CCCCCCC1CCC(CC2CCC(c3ccc(N)cc3)(c3ccc(N)cc3)CC2)CC1. The van der Waals surface area contributed by atoms with Gasteiger partial charge in [0.15, 0.2) is 0 Å². The topological polar surface area (TPSA) is 52.0 Å². The second-order valence-corrected chi connectivity index (χ2v) is 11.2. The van der Waals surface area contributed by atoms with Crippen LogP contribution in [0, 0.1) is 17.8 Å². The zero-order valence-corrected chi connectivity index (χ0v) is 20.9. The molecule has 2 nitrogen and oxygen atoms in total. The normalized spacial score (nSPS) is 23.4. The average molecular weight is 447 g/mol. The van der Waals surface area contributed by atoms with E-state index in [4.69, 9.17) is 11.5 Å². The molecule has 2 aliphatic carbocycles. The summed E-state index contributed by atoms with van der Waals surface area (Å²) >= 11 is 0. The molecular formula is C31H46N2. The van der Waals surface area contributed by atoms with E-state index in [0.717, 1.165) is 29.1 Å². The molecule has 2 aromatic carbocycles. The Morgan fingerprint density at radius 2 is 1.12 bits per heavy atom. The second-order valence-electron chi connectivity index (χ2n) is 11.2. The van der Waals surface area contributed by atoms with Crippen molar-refractivity contribution in [3.8, 4) is 0 Å². The summed E-state index contributed by atoms with van der Waals surface area (Å²) in [6.07, 6.45) is 19.7. The molecule has 0 bridgehead atoms. The Morgan fingerprint density at radius 1 is 0.636 bits per heavy atom. The first-order valence-electron chi connectivity index (χ1n) is 13.8. The molecule has 4 rings (SSSR count). The van der Waals surface area contributed by atoms with Gasteiger partial charge >= 0.3 is 0 Å². The van der Waals surface area contributed by atoms with Crippen molar-refractivity contribution in [3.05, 3.63) is 59.7 Å². The van der Waals surface area contributed by atoms with E-state index in [9.17, 15) is 0 Å². The van der Waals surface area contributed by atoms with Gasteiger partial charge in [-0.15, -0.1) is 0 Å². The molecule has 180 valence electrons. The van der Waals surface area contributed by atoms with Gasteiger partial charge in [0.25, 0.3) is 0 Å². The van der Waals surface area contributed by atoms with Gasteiger partial charge in [-0.3, -0.25) is 0 Å². The first-order valence-corrected chi connectivity index (χ1v) is 13.8. The lowest BCUT2D eigenvalue weighted by Gasteiger charge is -2.42. The quantitative estimate of drug-likeness (QED) is 0.299. The van der Waals surface area contributed by atoms with Crippen molar-refractivity contribution in [2.24, 2.45) is 17.8 Å². The van der Waals surface area contributed by atoms with E-state index in [1.54, 1.807) is 0 Å². The Labute approximate surface area is 202 Å². The monoisotopic (exact) mass is 446 g/mol. The molecule has 0 amide bonds. The van der Waals surface area contributed by atoms with E-state index in [0.29, 0.717) is 0 Å². The Hall–Kier alpha value is -1.96. The third-order valence-electron chi connectivity index (χ3n) is 8.98. The fraction of sp³-hybridized carbons (Fsp3) is 0.613. The summed E-state index contributed by atoms with van der Waals surface area (Å²) in [5.41, 5.74) is 16.7. The third kappa shape index (κ3) is 6.14. The summed E-state index contributed by atoms with van der Waals surface area (Å²) in [5, 5.41) is 0. The van der Waals surface area contributed by atoms with Crippen molar-refractivity contribution in [2.45, 2.75) is 102 Å². The number of anilines is 2. The molecule has 2 saturated carbocycles. The van der Waals surface area contributed by atoms with Crippen molar-refractivity contribution >= 4 is 11.4 Å². The molecule has 0 aromatic heterocycles. The van der Waals surface area contributed by atoms with Gasteiger partial charge in [0.2, 0.25) is 0 Å². The molecule has 0 heterocycles. The summed E-state index contributed by atoms with van der Waals surface area (Å²) in [6.45, 7) is 2.31. The Balaban J connectivity index is 1.33. The number of unbranched alkanes of at least 4 members (excludes halogenated alkanes) is 3. The van der Waals surface area contributed by atoms with Crippen LogP contribution in [-0.4, -0.2) is 0 Å². The molecule has 33 heavy (non-hydrogen) atoms. The number of benzene rings is 2. The molecule has 0 unspecified atom stereocenters. The molecule has 0 atom stereocenters. The lowest BCUT2D eigenvalue weighted by molar-refractivity contribution is 0.184. The summed E-state index contributed by atoms with van der Waals surface area (Å²) in [4.78, 5) is 0. The minimum absolute atomic E-state index is 0.105. The number of rotatable bonds is 9. The first-order chi connectivity index (χ1) is 16.1. The van der Waals surface area contributed by atoms with Crippen molar-refractivity contribution in [1.82, 2.24) is 0 Å². The minimum Gasteiger partial charge on any atom is -0.399 e. The molecule has 2 aliphatic rings. The third-order valence-corrected chi connectivity index (χ3v) is 8.98. The number of nitrogens with two attached hydrogens (primary N) is 2. The van der Waals surface area contributed by atoms with Crippen molar-refractivity contribution < 1.29 is 0 Å². The van der Waals surface area contributed by atoms with Gasteiger partial charge in [0.1, 0.15) is 0 Å². The van der Waals surface area contributed by atoms with Crippen molar-refractivity contribution in [2.75, 3.05) is 11.5 Å². The van der Waals surface area contributed by atoms with E-state index in [1.807, 2.05) is 0 Å². The molecule has 0 saturated heterocycles. The summed E-state index contributed by atoms with van der Waals surface area (Å²) < 4.78 is 0. The van der Waals surface area contributed by atoms with Gasteiger partial charge in [-0.2, -0.15) is 0 Å². The Bertz CT molecular complexity index is 775. The maximum Gasteiger partial charge on any atom is 0.0314 e. The Kier molecular flexibility index (Phi) is 8.39. The molecule has 2 heteroatoms. The largest absolute Gasteiger partial charge is 0.399 e. The van der Waals surface area contributed by atoms with Gasteiger partial charge < -0.3 is 11.5 Å². The standard InChI is InChI=1S/C31H46N2/c1-2-3-4-5-6-24-7-9-25(10-8-24)23-26-19-21-31(22-20-26,27-11-15-29(32)16-12-27)28-13-17-30(33)18-14-28/h11-18,24-26H,2-10,19-23,32-33H2,1H3. The van der Waals surface area contributed by atoms with Crippen LogP contribution in [0.5, 0.6) is 0 Å². The van der Waals surface area contributed by atoms with Gasteiger partial charge in [-0.05, 0) is 85.3 Å². The fourth-order valence-corrected chi connectivity index (χ4v) is 6.84. The zero-order chi connectivity index (χ0) is 23.1. The lowest BCUT2D eigenvalue weighted by Crippen LogP contribution is -2.34. The van der Waals surface area contributed by atoms with Crippen LogP contribution in [-0.2, 0) is 5.41 Å². The lowest BCUT2D eigenvalue weighted by atomic mass is 9.61. The van der Waals surface area contributed by atoms with E-state index in [-0.39, 0.29) is 5.41 Å². The van der Waals surface area contributed by atoms with Crippen LogP contribution >= 0.6 is 0 Å². The van der Waals surface area contributed by atoms with Crippen LogP contribution in [0.15, 0.2) is 48.5 Å². The van der Waals surface area contributed by atoms with Crippen LogP contribution in [0.3, 0.4) is 0 Å². The highest BCUT2D eigenvalue weighted by molar-refractivity contribution is 5.49. The first kappa shape index (κ1) is 24.2. The fourth-order valence-electron chi connectivity index (χ4n) is 6.84. The average Bonchev–Trinajstić information content (AvgIpc) is 2.84. The number of nitrogen functional groups attached to an aromatic ring is 2. The van der Waals surface area contributed by atoms with E-state index in [1.165, 1.54) is 101 Å². The molecule has 2 fully saturated rings. The van der Waals surface area contributed by atoms with Crippen LogP contribution in [0.25, 0.3) is 0 Å². The molecule has 0 spiro atoms. The van der Waals surface area contributed by atoms with Crippen molar-refractivity contribution in [3.63, 3.8) is 0 Å². The van der Waals surface area contributed by atoms with E-state index >= 15 is 0 Å². The predicted octanol–water partition coefficient (Wildman–Crippen LogP) is 8.49. The molecule has 4 N–H and O–H groups in total. The number of hydrogen-bond donors (Lipinski definition) is 2. The minimum atomic E-state index is 0.105. The van der Waals surface area contributed by atoms with Gasteiger partial charge in [0.05, 0.1) is 0 Å². The van der Waals surface area contributed by atoms with Crippen LogP contribution in [0.1, 0.15) is 108 Å². The van der Waals surface area contributed by atoms with Gasteiger partial charge in [-0.1, -0.05) is 89.0 Å². The van der Waals surface area contributed by atoms with E-state index in [2.05, 4.69) is 55.5 Å².